The lowest BCUT2D eigenvalue weighted by atomic mass is 10.1. The minimum absolute atomic E-state index is 0.000944. The Morgan fingerprint density at radius 2 is 1.94 bits per heavy atom. The van der Waals surface area contributed by atoms with Crippen LogP contribution in [-0.2, 0) is 13.1 Å². The summed E-state index contributed by atoms with van der Waals surface area (Å²) in [5.41, 5.74) is 3.29. The Kier molecular flexibility index (Phi) is 5.45. The lowest BCUT2D eigenvalue weighted by Crippen LogP contribution is -2.30. The third-order valence-electron chi connectivity index (χ3n) is 7.75. The van der Waals surface area contributed by atoms with Gasteiger partial charge in [-0.15, -0.1) is 0 Å². The molecule has 0 saturated carbocycles. The highest BCUT2D eigenvalue weighted by Crippen LogP contribution is 2.33. The van der Waals surface area contributed by atoms with E-state index in [-0.39, 0.29) is 17.2 Å². The molecule has 4 aromatic rings. The van der Waals surface area contributed by atoms with Crippen LogP contribution in [0.4, 0.5) is 0 Å². The molecule has 3 aliphatic heterocycles. The number of hydrogen-bond donors (Lipinski definition) is 1. The van der Waals surface area contributed by atoms with Gasteiger partial charge in [0, 0.05) is 38.3 Å². The lowest BCUT2D eigenvalue weighted by Gasteiger charge is -2.27. The molecule has 9 heteroatoms. The minimum atomic E-state index is -0.248. The molecule has 8 nitrogen and oxygen atoms in total. The molecule has 0 spiro atoms. The van der Waals surface area contributed by atoms with Gasteiger partial charge in [0.1, 0.15) is 23.1 Å². The van der Waals surface area contributed by atoms with Gasteiger partial charge in [0.15, 0.2) is 0 Å². The number of hydrogen-bond acceptors (Lipinski definition) is 7. The summed E-state index contributed by atoms with van der Waals surface area (Å²) in [5.74, 6) is 0.735. The van der Waals surface area contributed by atoms with Crippen molar-refractivity contribution in [3.05, 3.63) is 56.6 Å². The molecule has 2 atom stereocenters. The van der Waals surface area contributed by atoms with Crippen molar-refractivity contribution in [3.63, 3.8) is 0 Å². The topological polar surface area (TPSA) is 83.5 Å². The molecule has 1 unspecified atom stereocenters. The van der Waals surface area contributed by atoms with E-state index in [0.29, 0.717) is 34.2 Å². The van der Waals surface area contributed by atoms with Crippen LogP contribution >= 0.6 is 11.5 Å². The van der Waals surface area contributed by atoms with Crippen molar-refractivity contribution in [2.24, 2.45) is 0 Å². The quantitative estimate of drug-likeness (QED) is 0.451. The van der Waals surface area contributed by atoms with Crippen molar-refractivity contribution in [3.8, 4) is 17.0 Å². The van der Waals surface area contributed by atoms with E-state index >= 15 is 0 Å². The number of piperidine rings is 1. The standard InChI is InChI=1S/C27H29N5O3S/c33-26-23-19-5-4-6-20-25(19)36-32(27(20)34)12-11-31-10-7-18(16-31)35-22-14-17(13-21(28-26)24(22)29-23)15-30-8-2-1-3-9-30/h4-6,13-14,18H,1-3,7-12,15-16H2,(H,28,33)/t18-/m0/s1. The van der Waals surface area contributed by atoms with Crippen molar-refractivity contribution in [2.75, 3.05) is 32.7 Å². The lowest BCUT2D eigenvalue weighted by molar-refractivity contribution is 0.199. The third kappa shape index (κ3) is 3.86. The molecule has 2 aromatic carbocycles. The van der Waals surface area contributed by atoms with Gasteiger partial charge in [-0.3, -0.25) is 23.3 Å². The number of aromatic nitrogens is 3. The number of nitrogens with zero attached hydrogens (tertiary/aromatic N) is 4. The molecule has 7 rings (SSSR count). The summed E-state index contributed by atoms with van der Waals surface area (Å²) in [6.07, 6.45) is 4.74. The smallest absolute Gasteiger partial charge is 0.275 e. The van der Waals surface area contributed by atoms with E-state index in [1.54, 1.807) is 0 Å². The van der Waals surface area contributed by atoms with Gasteiger partial charge in [-0.05, 0) is 56.1 Å². The van der Waals surface area contributed by atoms with E-state index in [1.165, 1.54) is 30.8 Å². The summed E-state index contributed by atoms with van der Waals surface area (Å²) >= 11 is 1.43. The molecule has 5 heterocycles. The number of aromatic amines is 1. The SMILES string of the molecule is O=c1[nH]c2cc(CN3CCCCC3)cc3c2nc1-c1cccc2c(=O)n(sc12)CCN1CC[C@@H](C1)O3. The summed E-state index contributed by atoms with van der Waals surface area (Å²) in [5, 5.41) is 0.640. The van der Waals surface area contributed by atoms with Crippen molar-refractivity contribution in [1.82, 2.24) is 23.7 Å². The number of benzene rings is 2. The van der Waals surface area contributed by atoms with Crippen LogP contribution in [0.5, 0.6) is 5.75 Å². The summed E-state index contributed by atoms with van der Waals surface area (Å²) in [4.78, 5) is 39.3. The maximum Gasteiger partial charge on any atom is 0.275 e. The number of H-pyrrole nitrogens is 1. The fourth-order valence-corrected chi connectivity index (χ4v) is 6.98. The van der Waals surface area contributed by atoms with Gasteiger partial charge in [0.2, 0.25) is 0 Å². The van der Waals surface area contributed by atoms with Crippen LogP contribution in [0, 0.1) is 0 Å². The zero-order valence-electron chi connectivity index (χ0n) is 20.2. The molecule has 1 N–H and O–H groups in total. The summed E-state index contributed by atoms with van der Waals surface area (Å²) in [7, 11) is 0. The first kappa shape index (κ1) is 22.2. The molecule has 36 heavy (non-hydrogen) atoms. The molecule has 6 bridgehead atoms. The maximum absolute atomic E-state index is 13.3. The maximum atomic E-state index is 13.3. The molecule has 2 saturated heterocycles. The van der Waals surface area contributed by atoms with E-state index in [1.807, 2.05) is 22.2 Å². The van der Waals surface area contributed by atoms with Gasteiger partial charge in [0.25, 0.3) is 11.1 Å². The number of likely N-dealkylation sites (tertiary alicyclic amines) is 1. The Morgan fingerprint density at radius 1 is 1.06 bits per heavy atom. The molecule has 2 fully saturated rings. The van der Waals surface area contributed by atoms with Gasteiger partial charge in [0.05, 0.1) is 15.6 Å². The fraction of sp³-hybridized carbons (Fsp3) is 0.444. The Morgan fingerprint density at radius 3 is 2.83 bits per heavy atom. The molecular weight excluding hydrogens is 474 g/mol. The minimum Gasteiger partial charge on any atom is -0.487 e. The molecule has 0 aliphatic carbocycles. The van der Waals surface area contributed by atoms with Crippen molar-refractivity contribution in [2.45, 2.75) is 44.9 Å². The second-order valence-corrected chi connectivity index (χ2v) is 11.3. The van der Waals surface area contributed by atoms with Gasteiger partial charge in [-0.25, -0.2) is 4.98 Å². The van der Waals surface area contributed by atoms with E-state index in [9.17, 15) is 9.59 Å². The largest absolute Gasteiger partial charge is 0.487 e. The summed E-state index contributed by atoms with van der Waals surface area (Å²) in [6, 6.07) is 9.74. The van der Waals surface area contributed by atoms with Crippen LogP contribution in [0.15, 0.2) is 39.9 Å². The van der Waals surface area contributed by atoms with Crippen LogP contribution in [0.25, 0.3) is 32.4 Å². The van der Waals surface area contributed by atoms with E-state index in [2.05, 4.69) is 26.9 Å². The van der Waals surface area contributed by atoms with Gasteiger partial charge in [-0.2, -0.15) is 0 Å². The first-order valence-corrected chi connectivity index (χ1v) is 13.7. The van der Waals surface area contributed by atoms with E-state index < -0.39 is 0 Å². The summed E-state index contributed by atoms with van der Waals surface area (Å²) in [6.45, 7) is 6.24. The number of rotatable bonds is 2. The first-order valence-electron chi connectivity index (χ1n) is 12.9. The average Bonchev–Trinajstić information content (AvgIpc) is 3.46. The van der Waals surface area contributed by atoms with Crippen LogP contribution in [-0.4, -0.2) is 62.6 Å². The third-order valence-corrected chi connectivity index (χ3v) is 8.94. The van der Waals surface area contributed by atoms with Crippen LogP contribution in [0.2, 0.25) is 0 Å². The van der Waals surface area contributed by atoms with Crippen LogP contribution in [0.1, 0.15) is 31.2 Å². The second kappa shape index (κ2) is 8.83. The van der Waals surface area contributed by atoms with E-state index in [4.69, 9.17) is 9.72 Å². The molecular formula is C27H29N5O3S. The highest BCUT2D eigenvalue weighted by Gasteiger charge is 2.27. The monoisotopic (exact) mass is 503 g/mol. The Balaban J connectivity index is 1.42. The molecule has 0 amide bonds. The highest BCUT2D eigenvalue weighted by atomic mass is 32.1. The van der Waals surface area contributed by atoms with Crippen LogP contribution < -0.4 is 15.9 Å². The van der Waals surface area contributed by atoms with Crippen molar-refractivity contribution >= 4 is 32.7 Å². The van der Waals surface area contributed by atoms with Gasteiger partial charge in [-0.1, -0.05) is 30.1 Å². The van der Waals surface area contributed by atoms with Crippen LogP contribution in [0.3, 0.4) is 0 Å². The number of nitrogens with one attached hydrogen (secondary N) is 1. The summed E-state index contributed by atoms with van der Waals surface area (Å²) < 4.78 is 9.22. The first-order chi connectivity index (χ1) is 17.6. The zero-order chi connectivity index (χ0) is 24.2. The molecule has 0 radical (unpaired) electrons. The predicted molar refractivity (Wildman–Crippen MR) is 142 cm³/mol. The predicted octanol–water partition coefficient (Wildman–Crippen LogP) is 3.42. The molecule has 186 valence electrons. The molecule has 3 aliphatic rings. The Bertz CT molecular complexity index is 1580. The van der Waals surface area contributed by atoms with E-state index in [0.717, 1.165) is 61.7 Å². The zero-order valence-corrected chi connectivity index (χ0v) is 21.0. The number of ether oxygens (including phenoxy) is 1. The number of fused-ring (bicyclic) bond motifs is 5. The van der Waals surface area contributed by atoms with Gasteiger partial charge >= 0.3 is 0 Å². The average molecular weight is 504 g/mol. The molecule has 2 aromatic heterocycles. The highest BCUT2D eigenvalue weighted by molar-refractivity contribution is 7.14. The fourth-order valence-electron chi connectivity index (χ4n) is 5.89. The second-order valence-electron chi connectivity index (χ2n) is 10.3. The normalized spacial score (nSPS) is 22.3. The Labute approximate surface area is 212 Å². The Hall–Kier alpha value is -3.01. The van der Waals surface area contributed by atoms with Gasteiger partial charge < -0.3 is 9.72 Å². The van der Waals surface area contributed by atoms with Crippen molar-refractivity contribution in [1.29, 1.82) is 0 Å². The van der Waals surface area contributed by atoms with Crippen molar-refractivity contribution < 1.29 is 4.74 Å².